The summed E-state index contributed by atoms with van der Waals surface area (Å²) >= 11 is 3.40. The lowest BCUT2D eigenvalue weighted by Crippen LogP contribution is -2.35. The van der Waals surface area contributed by atoms with E-state index in [0.29, 0.717) is 12.6 Å². The third kappa shape index (κ3) is 4.88. The number of ether oxygens (including phenoxy) is 1. The monoisotopic (exact) mass is 299 g/mol. The Morgan fingerprint density at radius 2 is 1.94 bits per heavy atom. The summed E-state index contributed by atoms with van der Waals surface area (Å²) in [7, 11) is 1.42. The van der Waals surface area contributed by atoms with Crippen LogP contribution < -0.4 is 0 Å². The number of nitrogens with zero attached hydrogens (tertiary/aromatic N) is 1. The maximum absolute atomic E-state index is 11.3. The minimum Gasteiger partial charge on any atom is -0.468 e. The molecule has 1 rings (SSSR count). The first-order chi connectivity index (χ1) is 8.02. The fraction of sp³-hybridized carbons (Fsp3) is 0.462. The van der Waals surface area contributed by atoms with Crippen LogP contribution in [0.25, 0.3) is 0 Å². The van der Waals surface area contributed by atoms with Gasteiger partial charge in [0.25, 0.3) is 0 Å². The molecule has 0 heterocycles. The highest BCUT2D eigenvalue weighted by atomic mass is 79.9. The molecule has 0 N–H and O–H groups in total. The third-order valence-corrected chi connectivity index (χ3v) is 3.12. The van der Waals surface area contributed by atoms with Crippen LogP contribution in [0.5, 0.6) is 0 Å². The molecule has 0 spiro atoms. The molecule has 0 aliphatic carbocycles. The van der Waals surface area contributed by atoms with Crippen molar-refractivity contribution in [2.75, 3.05) is 13.7 Å². The van der Waals surface area contributed by atoms with Crippen LogP contribution in [0.3, 0.4) is 0 Å². The van der Waals surface area contributed by atoms with Crippen LogP contribution >= 0.6 is 15.9 Å². The van der Waals surface area contributed by atoms with Gasteiger partial charge in [0.05, 0.1) is 13.7 Å². The quantitative estimate of drug-likeness (QED) is 0.783. The lowest BCUT2D eigenvalue weighted by Gasteiger charge is -2.25. The van der Waals surface area contributed by atoms with E-state index in [0.717, 1.165) is 11.0 Å². The van der Waals surface area contributed by atoms with Gasteiger partial charge in [-0.3, -0.25) is 9.69 Å². The molecule has 0 amide bonds. The molecule has 0 unspecified atom stereocenters. The molecule has 0 atom stereocenters. The van der Waals surface area contributed by atoms with Gasteiger partial charge in [0.1, 0.15) is 0 Å². The van der Waals surface area contributed by atoms with E-state index in [1.165, 1.54) is 12.7 Å². The summed E-state index contributed by atoms with van der Waals surface area (Å²) in [6.07, 6.45) is 0. The molecule has 1 aromatic rings. The fourth-order valence-electron chi connectivity index (χ4n) is 1.48. The molecular weight excluding hydrogens is 282 g/mol. The predicted molar refractivity (Wildman–Crippen MR) is 71.7 cm³/mol. The molecular formula is C13H18BrNO2. The number of carbonyl (C=O) groups excluding carboxylic acids is 1. The topological polar surface area (TPSA) is 29.5 Å². The Morgan fingerprint density at radius 1 is 1.35 bits per heavy atom. The van der Waals surface area contributed by atoms with Crippen LogP contribution in [0.1, 0.15) is 19.4 Å². The van der Waals surface area contributed by atoms with Gasteiger partial charge < -0.3 is 4.74 Å². The highest BCUT2D eigenvalue weighted by Gasteiger charge is 2.14. The summed E-state index contributed by atoms with van der Waals surface area (Å²) in [5.74, 6) is -0.198. The normalized spacial score (nSPS) is 10.9. The number of benzene rings is 1. The standard InChI is InChI=1S/C13H18BrNO2/c1-10(2)15(9-13(16)17-3)8-11-4-6-12(14)7-5-11/h4-7,10H,8-9H2,1-3H3. The van der Waals surface area contributed by atoms with Crippen molar-refractivity contribution < 1.29 is 9.53 Å². The molecule has 3 nitrogen and oxygen atoms in total. The maximum atomic E-state index is 11.3. The van der Waals surface area contributed by atoms with E-state index in [2.05, 4.69) is 46.8 Å². The second-order valence-electron chi connectivity index (χ2n) is 4.20. The van der Waals surface area contributed by atoms with Gasteiger partial charge in [0.2, 0.25) is 0 Å². The van der Waals surface area contributed by atoms with Crippen molar-refractivity contribution in [1.82, 2.24) is 4.90 Å². The average molecular weight is 300 g/mol. The Balaban J connectivity index is 2.66. The number of hydrogen-bond acceptors (Lipinski definition) is 3. The molecule has 4 heteroatoms. The molecule has 1 aromatic carbocycles. The first-order valence-electron chi connectivity index (χ1n) is 5.58. The number of rotatable bonds is 5. The van der Waals surface area contributed by atoms with E-state index in [1.807, 2.05) is 12.1 Å². The Labute approximate surface area is 111 Å². The van der Waals surface area contributed by atoms with Gasteiger partial charge in [-0.15, -0.1) is 0 Å². The van der Waals surface area contributed by atoms with Gasteiger partial charge in [-0.05, 0) is 31.5 Å². The van der Waals surface area contributed by atoms with Crippen molar-refractivity contribution in [3.8, 4) is 0 Å². The van der Waals surface area contributed by atoms with Gasteiger partial charge >= 0.3 is 5.97 Å². The largest absolute Gasteiger partial charge is 0.468 e. The zero-order valence-corrected chi connectivity index (χ0v) is 12.0. The molecule has 0 fully saturated rings. The molecule has 0 saturated heterocycles. The summed E-state index contributed by atoms with van der Waals surface area (Å²) in [6, 6.07) is 8.42. The lowest BCUT2D eigenvalue weighted by atomic mass is 10.2. The summed E-state index contributed by atoms with van der Waals surface area (Å²) in [6.45, 7) is 5.22. The van der Waals surface area contributed by atoms with Crippen LogP contribution in [-0.2, 0) is 16.1 Å². The SMILES string of the molecule is COC(=O)CN(Cc1ccc(Br)cc1)C(C)C. The van der Waals surface area contributed by atoms with Crippen LogP contribution in [0, 0.1) is 0 Å². The van der Waals surface area contributed by atoms with Crippen LogP contribution in [-0.4, -0.2) is 30.6 Å². The van der Waals surface area contributed by atoms with Crippen molar-refractivity contribution in [2.45, 2.75) is 26.4 Å². The number of esters is 1. The number of halogens is 1. The minimum absolute atomic E-state index is 0.198. The molecule has 0 bridgehead atoms. The highest BCUT2D eigenvalue weighted by molar-refractivity contribution is 9.10. The zero-order chi connectivity index (χ0) is 12.8. The Kier molecular flexibility index (Phi) is 5.65. The van der Waals surface area contributed by atoms with Crippen LogP contribution in [0.4, 0.5) is 0 Å². The van der Waals surface area contributed by atoms with Crippen molar-refractivity contribution in [3.63, 3.8) is 0 Å². The summed E-state index contributed by atoms with van der Waals surface area (Å²) in [4.78, 5) is 13.4. The average Bonchev–Trinajstić information content (AvgIpc) is 2.30. The van der Waals surface area contributed by atoms with Gasteiger partial charge in [-0.1, -0.05) is 28.1 Å². The number of hydrogen-bond donors (Lipinski definition) is 0. The summed E-state index contributed by atoms with van der Waals surface area (Å²) < 4.78 is 5.76. The van der Waals surface area contributed by atoms with Gasteiger partial charge in [-0.25, -0.2) is 0 Å². The van der Waals surface area contributed by atoms with Crippen molar-refractivity contribution in [1.29, 1.82) is 0 Å². The second kappa shape index (κ2) is 6.77. The minimum atomic E-state index is -0.198. The summed E-state index contributed by atoms with van der Waals surface area (Å²) in [5.41, 5.74) is 1.19. The second-order valence-corrected chi connectivity index (χ2v) is 5.12. The van der Waals surface area contributed by atoms with E-state index < -0.39 is 0 Å². The number of methoxy groups -OCH3 is 1. The Bertz CT molecular complexity index is 362. The van der Waals surface area contributed by atoms with Crippen molar-refractivity contribution >= 4 is 21.9 Å². The Morgan fingerprint density at radius 3 is 2.41 bits per heavy atom. The van der Waals surface area contributed by atoms with Gasteiger partial charge in [0, 0.05) is 17.1 Å². The molecule has 0 aromatic heterocycles. The molecule has 0 radical (unpaired) electrons. The molecule has 94 valence electrons. The van der Waals surface area contributed by atoms with Crippen LogP contribution in [0.2, 0.25) is 0 Å². The van der Waals surface area contributed by atoms with E-state index in [9.17, 15) is 4.79 Å². The fourth-order valence-corrected chi connectivity index (χ4v) is 1.74. The molecule has 0 saturated carbocycles. The van der Waals surface area contributed by atoms with E-state index >= 15 is 0 Å². The van der Waals surface area contributed by atoms with Crippen molar-refractivity contribution in [2.24, 2.45) is 0 Å². The maximum Gasteiger partial charge on any atom is 0.319 e. The van der Waals surface area contributed by atoms with Gasteiger partial charge in [-0.2, -0.15) is 0 Å². The molecule has 0 aliphatic rings. The zero-order valence-electron chi connectivity index (χ0n) is 10.4. The van der Waals surface area contributed by atoms with Gasteiger partial charge in [0.15, 0.2) is 0 Å². The van der Waals surface area contributed by atoms with Crippen LogP contribution in [0.15, 0.2) is 28.7 Å². The lowest BCUT2D eigenvalue weighted by molar-refractivity contribution is -0.142. The predicted octanol–water partition coefficient (Wildman–Crippen LogP) is 2.83. The Hall–Kier alpha value is -0.870. The van der Waals surface area contributed by atoms with E-state index in [1.54, 1.807) is 0 Å². The third-order valence-electron chi connectivity index (χ3n) is 2.59. The number of carbonyl (C=O) groups is 1. The smallest absolute Gasteiger partial charge is 0.319 e. The molecule has 0 aliphatic heterocycles. The van der Waals surface area contributed by atoms with E-state index in [4.69, 9.17) is 4.74 Å². The van der Waals surface area contributed by atoms with Crippen molar-refractivity contribution in [3.05, 3.63) is 34.3 Å². The summed E-state index contributed by atoms with van der Waals surface area (Å²) in [5, 5.41) is 0. The highest BCUT2D eigenvalue weighted by Crippen LogP contribution is 2.13. The first-order valence-corrected chi connectivity index (χ1v) is 6.37. The van der Waals surface area contributed by atoms with E-state index in [-0.39, 0.29) is 5.97 Å². The molecule has 17 heavy (non-hydrogen) atoms. The first kappa shape index (κ1) is 14.2.